The van der Waals surface area contributed by atoms with Gasteiger partial charge in [0.15, 0.2) is 5.96 Å². The fourth-order valence-electron chi connectivity index (χ4n) is 3.78. The second-order valence-corrected chi connectivity index (χ2v) is 8.29. The van der Waals surface area contributed by atoms with Crippen LogP contribution >= 0.6 is 0 Å². The van der Waals surface area contributed by atoms with E-state index in [1.807, 2.05) is 20.9 Å². The molecule has 3 heterocycles. The largest absolute Gasteiger partial charge is 0.444 e. The summed E-state index contributed by atoms with van der Waals surface area (Å²) in [6.45, 7) is 12.2. The van der Waals surface area contributed by atoms with Crippen LogP contribution in [0.5, 0.6) is 0 Å². The Bertz CT molecular complexity index is 629. The van der Waals surface area contributed by atoms with Crippen molar-refractivity contribution in [3.8, 4) is 0 Å². The van der Waals surface area contributed by atoms with Gasteiger partial charge in [-0.05, 0) is 59.0 Å². The highest BCUT2D eigenvalue weighted by Crippen LogP contribution is 2.19. The maximum atomic E-state index is 5.89. The summed E-state index contributed by atoms with van der Waals surface area (Å²) in [5.74, 6) is 3.26. The van der Waals surface area contributed by atoms with Crippen molar-refractivity contribution < 1.29 is 13.9 Å². The van der Waals surface area contributed by atoms with Crippen molar-refractivity contribution in [2.75, 3.05) is 46.5 Å². The molecule has 0 radical (unpaired) electrons. The Morgan fingerprint density at radius 3 is 2.72 bits per heavy atom. The average Bonchev–Trinajstić information content (AvgIpc) is 3.34. The lowest BCUT2D eigenvalue weighted by Crippen LogP contribution is -2.47. The normalized spacial score (nSPS) is 22.8. The zero-order valence-electron chi connectivity index (χ0n) is 18.4. The van der Waals surface area contributed by atoms with E-state index in [1.165, 1.54) is 12.8 Å². The number of aryl methyl sites for hydroxylation is 2. The molecular formula is C21H37N5O3. The standard InChI is InChI=1S/C21H37N5O3/c1-15(13-28-19-7-10-27-14-19)24-21(22-4)23-11-18-5-8-26(9-6-18)12-20-25-16(2)17(3)29-20/h15,18-19H,5-14H2,1-4H3,(H2,22,23,24). The van der Waals surface area contributed by atoms with Crippen LogP contribution in [0.25, 0.3) is 0 Å². The lowest BCUT2D eigenvalue weighted by molar-refractivity contribution is 0.0347. The third kappa shape index (κ3) is 6.97. The van der Waals surface area contributed by atoms with Crippen molar-refractivity contribution in [2.45, 2.75) is 58.7 Å². The summed E-state index contributed by atoms with van der Waals surface area (Å²) >= 11 is 0. The number of oxazole rings is 1. The van der Waals surface area contributed by atoms with E-state index in [4.69, 9.17) is 13.9 Å². The molecule has 0 aromatic carbocycles. The predicted molar refractivity (Wildman–Crippen MR) is 113 cm³/mol. The Kier molecular flexibility index (Phi) is 8.32. The van der Waals surface area contributed by atoms with Gasteiger partial charge >= 0.3 is 0 Å². The Hall–Kier alpha value is -1.64. The third-order valence-corrected chi connectivity index (χ3v) is 5.77. The Balaban J connectivity index is 1.31. The molecule has 2 atom stereocenters. The lowest BCUT2D eigenvalue weighted by Gasteiger charge is -2.31. The van der Waals surface area contributed by atoms with E-state index >= 15 is 0 Å². The molecule has 0 aliphatic carbocycles. The summed E-state index contributed by atoms with van der Waals surface area (Å²) in [6.07, 6.45) is 3.57. The van der Waals surface area contributed by atoms with Crippen LogP contribution < -0.4 is 10.6 Å². The number of hydrogen-bond donors (Lipinski definition) is 2. The molecule has 2 unspecified atom stereocenters. The zero-order valence-corrected chi connectivity index (χ0v) is 18.4. The molecule has 8 heteroatoms. The first-order chi connectivity index (χ1) is 14.0. The van der Waals surface area contributed by atoms with Crippen LogP contribution in [0, 0.1) is 19.8 Å². The van der Waals surface area contributed by atoms with Crippen LogP contribution in [0.1, 0.15) is 43.5 Å². The number of aromatic nitrogens is 1. The summed E-state index contributed by atoms with van der Waals surface area (Å²) in [5.41, 5.74) is 0.995. The predicted octanol–water partition coefficient (Wildman–Crippen LogP) is 1.86. The minimum atomic E-state index is 0.205. The fraction of sp³-hybridized carbons (Fsp3) is 0.810. The molecule has 2 fully saturated rings. The number of piperidine rings is 1. The van der Waals surface area contributed by atoms with Crippen molar-refractivity contribution in [3.05, 3.63) is 17.3 Å². The molecule has 0 amide bonds. The van der Waals surface area contributed by atoms with Crippen LogP contribution in [0.15, 0.2) is 9.41 Å². The van der Waals surface area contributed by atoms with Crippen molar-refractivity contribution in [1.82, 2.24) is 20.5 Å². The van der Waals surface area contributed by atoms with Crippen molar-refractivity contribution in [3.63, 3.8) is 0 Å². The summed E-state index contributed by atoms with van der Waals surface area (Å²) in [4.78, 5) is 11.3. The lowest BCUT2D eigenvalue weighted by atomic mass is 9.97. The van der Waals surface area contributed by atoms with Gasteiger partial charge in [-0.1, -0.05) is 0 Å². The quantitative estimate of drug-likeness (QED) is 0.503. The summed E-state index contributed by atoms with van der Waals surface area (Å²) < 4.78 is 17.0. The first-order valence-electron chi connectivity index (χ1n) is 10.8. The van der Waals surface area contributed by atoms with E-state index < -0.39 is 0 Å². The molecule has 2 N–H and O–H groups in total. The van der Waals surface area contributed by atoms with Gasteiger partial charge in [0.25, 0.3) is 0 Å². The summed E-state index contributed by atoms with van der Waals surface area (Å²) in [6, 6.07) is 0.205. The van der Waals surface area contributed by atoms with Gasteiger partial charge in [0.1, 0.15) is 5.76 Å². The van der Waals surface area contributed by atoms with Gasteiger partial charge in [-0.3, -0.25) is 9.89 Å². The topological polar surface area (TPSA) is 84.2 Å². The van der Waals surface area contributed by atoms with Gasteiger partial charge in [0, 0.05) is 26.2 Å². The smallest absolute Gasteiger partial charge is 0.208 e. The second kappa shape index (κ2) is 10.9. The number of nitrogens with one attached hydrogen (secondary N) is 2. The molecule has 0 spiro atoms. The number of likely N-dealkylation sites (tertiary alicyclic amines) is 1. The minimum Gasteiger partial charge on any atom is -0.444 e. The van der Waals surface area contributed by atoms with E-state index in [1.54, 1.807) is 0 Å². The van der Waals surface area contributed by atoms with Gasteiger partial charge in [-0.2, -0.15) is 0 Å². The highest BCUT2D eigenvalue weighted by atomic mass is 16.5. The minimum absolute atomic E-state index is 0.205. The molecule has 0 saturated carbocycles. The Morgan fingerprint density at radius 2 is 2.10 bits per heavy atom. The van der Waals surface area contributed by atoms with Crippen LogP contribution in [-0.4, -0.2) is 74.5 Å². The molecule has 3 rings (SSSR count). The van der Waals surface area contributed by atoms with Gasteiger partial charge in [-0.15, -0.1) is 0 Å². The van der Waals surface area contributed by atoms with Crippen molar-refractivity contribution in [2.24, 2.45) is 10.9 Å². The molecule has 8 nitrogen and oxygen atoms in total. The van der Waals surface area contributed by atoms with E-state index in [0.717, 1.165) is 62.5 Å². The number of ether oxygens (including phenoxy) is 2. The highest BCUT2D eigenvalue weighted by Gasteiger charge is 2.22. The number of guanidine groups is 1. The first kappa shape index (κ1) is 22.1. The average molecular weight is 408 g/mol. The van der Waals surface area contributed by atoms with Crippen LogP contribution in [0.4, 0.5) is 0 Å². The van der Waals surface area contributed by atoms with E-state index in [2.05, 4.69) is 32.4 Å². The van der Waals surface area contributed by atoms with Gasteiger partial charge in [0.2, 0.25) is 5.89 Å². The molecule has 2 saturated heterocycles. The van der Waals surface area contributed by atoms with Crippen LogP contribution in [0.3, 0.4) is 0 Å². The molecule has 1 aromatic rings. The zero-order chi connectivity index (χ0) is 20.6. The Morgan fingerprint density at radius 1 is 1.31 bits per heavy atom. The molecule has 29 heavy (non-hydrogen) atoms. The van der Waals surface area contributed by atoms with Gasteiger partial charge in [0.05, 0.1) is 31.6 Å². The molecule has 2 aliphatic rings. The van der Waals surface area contributed by atoms with Gasteiger partial charge in [-0.25, -0.2) is 4.98 Å². The molecule has 2 aliphatic heterocycles. The fourth-order valence-corrected chi connectivity index (χ4v) is 3.78. The monoisotopic (exact) mass is 407 g/mol. The molecule has 0 bridgehead atoms. The summed E-state index contributed by atoms with van der Waals surface area (Å²) in [7, 11) is 1.82. The maximum absolute atomic E-state index is 5.89. The van der Waals surface area contributed by atoms with Crippen LogP contribution in [-0.2, 0) is 16.0 Å². The number of rotatable bonds is 8. The third-order valence-electron chi connectivity index (χ3n) is 5.77. The number of nitrogens with zero attached hydrogens (tertiary/aromatic N) is 3. The van der Waals surface area contributed by atoms with Crippen molar-refractivity contribution in [1.29, 1.82) is 0 Å². The first-order valence-corrected chi connectivity index (χ1v) is 10.8. The highest BCUT2D eigenvalue weighted by molar-refractivity contribution is 5.79. The van der Waals surface area contributed by atoms with Gasteiger partial charge < -0.3 is 24.5 Å². The molecular weight excluding hydrogens is 370 g/mol. The van der Waals surface area contributed by atoms with E-state index in [9.17, 15) is 0 Å². The maximum Gasteiger partial charge on any atom is 0.208 e. The van der Waals surface area contributed by atoms with E-state index in [-0.39, 0.29) is 12.1 Å². The SMILES string of the molecule is CN=C(NCC1CCN(Cc2nc(C)c(C)o2)CC1)NC(C)COC1CCOC1. The number of aliphatic imine (C=N–C) groups is 1. The molecule has 164 valence electrons. The number of hydrogen-bond acceptors (Lipinski definition) is 6. The molecule has 1 aromatic heterocycles. The Labute approximate surface area is 174 Å². The second-order valence-electron chi connectivity index (χ2n) is 8.29. The van der Waals surface area contributed by atoms with Crippen LogP contribution in [0.2, 0.25) is 0 Å². The summed E-state index contributed by atoms with van der Waals surface area (Å²) in [5, 5.41) is 6.90. The van der Waals surface area contributed by atoms with E-state index in [0.29, 0.717) is 19.1 Å². The van der Waals surface area contributed by atoms with Crippen molar-refractivity contribution >= 4 is 5.96 Å².